The third kappa shape index (κ3) is 4.52. The number of likely N-dealkylation sites (tertiary alicyclic amines) is 1. The van der Waals surface area contributed by atoms with Crippen molar-refractivity contribution < 1.29 is 4.79 Å². The van der Waals surface area contributed by atoms with Crippen LogP contribution in [0.2, 0.25) is 5.02 Å². The van der Waals surface area contributed by atoms with Gasteiger partial charge >= 0.3 is 5.69 Å². The highest BCUT2D eigenvalue weighted by Crippen LogP contribution is 2.28. The van der Waals surface area contributed by atoms with Gasteiger partial charge in [0, 0.05) is 50.3 Å². The fourth-order valence-corrected chi connectivity index (χ4v) is 5.65. The Kier molecular flexibility index (Phi) is 6.77. The second kappa shape index (κ2) is 9.94. The first-order valence-electron chi connectivity index (χ1n) is 12.2. The summed E-state index contributed by atoms with van der Waals surface area (Å²) in [5.74, 6) is -0.0312. The summed E-state index contributed by atoms with van der Waals surface area (Å²) in [5, 5.41) is 0.546. The smallest absolute Gasteiger partial charge is 0.327 e. The normalized spacial score (nSPS) is 20.8. The molecule has 180 valence electrons. The van der Waals surface area contributed by atoms with Crippen molar-refractivity contribution in [1.29, 1.82) is 0 Å². The molecule has 8 heteroatoms. The van der Waals surface area contributed by atoms with Gasteiger partial charge in [-0.05, 0) is 43.1 Å². The summed E-state index contributed by atoms with van der Waals surface area (Å²) in [6.45, 7) is 9.10. The van der Waals surface area contributed by atoms with Crippen LogP contribution in [0.1, 0.15) is 31.4 Å². The molecule has 2 saturated heterocycles. The van der Waals surface area contributed by atoms with Gasteiger partial charge in [-0.1, -0.05) is 48.9 Å². The van der Waals surface area contributed by atoms with E-state index in [1.165, 1.54) is 6.42 Å². The largest absolute Gasteiger partial charge is 0.339 e. The van der Waals surface area contributed by atoms with Gasteiger partial charge in [0.05, 0.1) is 11.0 Å². The van der Waals surface area contributed by atoms with Gasteiger partial charge in [-0.2, -0.15) is 0 Å². The molecule has 34 heavy (non-hydrogen) atoms. The zero-order valence-corrected chi connectivity index (χ0v) is 20.4. The maximum absolute atomic E-state index is 14.0. The summed E-state index contributed by atoms with van der Waals surface area (Å²) in [5.41, 5.74) is 1.82. The summed E-state index contributed by atoms with van der Waals surface area (Å²) < 4.78 is 1.58. The fourth-order valence-electron chi connectivity index (χ4n) is 5.48. The number of hydrogen-bond donors (Lipinski definition) is 1. The average Bonchev–Trinajstić information content (AvgIpc) is 3.46. The van der Waals surface area contributed by atoms with Crippen molar-refractivity contribution in [3.63, 3.8) is 0 Å². The van der Waals surface area contributed by atoms with Crippen molar-refractivity contribution in [3.05, 3.63) is 69.6 Å². The molecule has 1 N–H and O–H groups in total. The van der Waals surface area contributed by atoms with Gasteiger partial charge in [0.2, 0.25) is 0 Å². The molecule has 0 radical (unpaired) electrons. The molecular formula is C26H32ClN5O2. The van der Waals surface area contributed by atoms with E-state index >= 15 is 0 Å². The maximum Gasteiger partial charge on any atom is 0.327 e. The van der Waals surface area contributed by atoms with Crippen LogP contribution >= 0.6 is 11.6 Å². The van der Waals surface area contributed by atoms with E-state index < -0.39 is 6.04 Å². The topological polar surface area (TPSA) is 64.6 Å². The number of amides is 1. The van der Waals surface area contributed by atoms with Crippen LogP contribution < -0.4 is 5.69 Å². The number of H-pyrrole nitrogens is 1. The van der Waals surface area contributed by atoms with Crippen molar-refractivity contribution in [2.45, 2.75) is 31.8 Å². The fraction of sp³-hybridized carbons (Fsp3) is 0.462. The highest BCUT2D eigenvalue weighted by atomic mass is 35.5. The highest BCUT2D eigenvalue weighted by Gasteiger charge is 2.36. The Balaban J connectivity index is 1.40. The van der Waals surface area contributed by atoms with E-state index in [-0.39, 0.29) is 11.6 Å². The number of benzene rings is 2. The standard InChI is InChI=1S/C26H32ClN5O2/c1-2-11-29-13-15-30(16-14-29)21-10-12-31(18-21)25(33)24(19-6-4-3-5-7-19)32-23-9-8-20(27)17-22(23)28-26(32)34/h3-9,17,21,24H,2,10-16,18H2,1H3,(H,28,34). The lowest BCUT2D eigenvalue weighted by molar-refractivity contribution is -0.132. The summed E-state index contributed by atoms with van der Waals surface area (Å²) in [6, 6.07) is 14.5. The molecule has 1 amide bonds. The Labute approximate surface area is 204 Å². The molecule has 0 spiro atoms. The monoisotopic (exact) mass is 481 g/mol. The predicted molar refractivity (Wildman–Crippen MR) is 135 cm³/mol. The van der Waals surface area contributed by atoms with Gasteiger partial charge < -0.3 is 14.8 Å². The molecule has 2 aliphatic heterocycles. The van der Waals surface area contributed by atoms with Crippen molar-refractivity contribution in [3.8, 4) is 0 Å². The van der Waals surface area contributed by atoms with Crippen LogP contribution in [0.5, 0.6) is 0 Å². The Morgan fingerprint density at radius 2 is 1.85 bits per heavy atom. The number of rotatable bonds is 6. The lowest BCUT2D eigenvalue weighted by Crippen LogP contribution is -2.51. The number of carbonyl (C=O) groups is 1. The number of nitrogens with one attached hydrogen (secondary N) is 1. The van der Waals surface area contributed by atoms with Gasteiger partial charge in [0.1, 0.15) is 6.04 Å². The van der Waals surface area contributed by atoms with E-state index in [0.717, 1.165) is 44.7 Å². The van der Waals surface area contributed by atoms with Gasteiger partial charge in [-0.3, -0.25) is 14.3 Å². The third-order valence-electron chi connectivity index (χ3n) is 7.22. The zero-order valence-electron chi connectivity index (χ0n) is 19.6. The molecule has 3 aromatic rings. The molecule has 2 aliphatic rings. The first-order chi connectivity index (χ1) is 16.5. The number of hydrogen-bond acceptors (Lipinski definition) is 4. The van der Waals surface area contributed by atoms with Crippen molar-refractivity contribution >= 4 is 28.5 Å². The summed E-state index contributed by atoms with van der Waals surface area (Å²) in [6.07, 6.45) is 2.16. The second-order valence-corrected chi connectivity index (χ2v) is 9.82. The molecular weight excluding hydrogens is 450 g/mol. The SMILES string of the molecule is CCCN1CCN(C2CCN(C(=O)C(c3ccccc3)n3c(=O)[nH]c4cc(Cl)ccc43)C2)CC1. The maximum atomic E-state index is 14.0. The quantitative estimate of drug-likeness (QED) is 0.587. The highest BCUT2D eigenvalue weighted by molar-refractivity contribution is 6.31. The number of aromatic amines is 1. The molecule has 0 aliphatic carbocycles. The molecule has 3 heterocycles. The third-order valence-corrected chi connectivity index (χ3v) is 7.46. The molecule has 0 saturated carbocycles. The number of nitrogens with zero attached hydrogens (tertiary/aromatic N) is 4. The van der Waals surface area contributed by atoms with Crippen LogP contribution in [0.4, 0.5) is 0 Å². The molecule has 1 aromatic heterocycles. The van der Waals surface area contributed by atoms with Crippen LogP contribution in [0, 0.1) is 0 Å². The second-order valence-electron chi connectivity index (χ2n) is 9.38. The van der Waals surface area contributed by atoms with E-state index in [4.69, 9.17) is 11.6 Å². The van der Waals surface area contributed by atoms with E-state index in [0.29, 0.717) is 35.2 Å². The molecule has 0 bridgehead atoms. The van der Waals surface area contributed by atoms with Gasteiger partial charge in [-0.15, -0.1) is 0 Å². The molecule has 2 unspecified atom stereocenters. The van der Waals surface area contributed by atoms with Gasteiger partial charge in [-0.25, -0.2) is 4.79 Å². The van der Waals surface area contributed by atoms with Crippen LogP contribution in [0.25, 0.3) is 11.0 Å². The van der Waals surface area contributed by atoms with Gasteiger partial charge in [0.25, 0.3) is 5.91 Å². The first-order valence-corrected chi connectivity index (χ1v) is 12.6. The van der Waals surface area contributed by atoms with E-state index in [1.807, 2.05) is 35.2 Å². The molecule has 2 fully saturated rings. The Hall–Kier alpha value is -2.61. The lowest BCUT2D eigenvalue weighted by atomic mass is 10.0. The van der Waals surface area contributed by atoms with Crippen LogP contribution in [-0.2, 0) is 4.79 Å². The number of piperazine rings is 1. The van der Waals surface area contributed by atoms with Crippen LogP contribution in [0.15, 0.2) is 53.3 Å². The Bertz CT molecular complexity index is 1200. The van der Waals surface area contributed by atoms with Crippen molar-refractivity contribution in [2.24, 2.45) is 0 Å². The minimum absolute atomic E-state index is 0.0312. The number of fused-ring (bicyclic) bond motifs is 1. The molecule has 5 rings (SSSR count). The van der Waals surface area contributed by atoms with E-state index in [9.17, 15) is 9.59 Å². The summed E-state index contributed by atoms with van der Waals surface area (Å²) in [4.78, 5) is 36.9. The minimum Gasteiger partial charge on any atom is -0.339 e. The molecule has 2 aromatic carbocycles. The van der Waals surface area contributed by atoms with Crippen molar-refractivity contribution in [2.75, 3.05) is 45.8 Å². The predicted octanol–water partition coefficient (Wildman–Crippen LogP) is 3.20. The molecule has 7 nitrogen and oxygen atoms in total. The number of aromatic nitrogens is 2. The summed E-state index contributed by atoms with van der Waals surface area (Å²) >= 11 is 6.15. The Morgan fingerprint density at radius 3 is 2.59 bits per heavy atom. The number of carbonyl (C=O) groups excluding carboxylic acids is 1. The Morgan fingerprint density at radius 1 is 1.09 bits per heavy atom. The zero-order chi connectivity index (χ0) is 23.7. The molecule has 2 atom stereocenters. The first kappa shape index (κ1) is 23.1. The number of halogens is 1. The average molecular weight is 482 g/mol. The van der Waals surface area contributed by atoms with E-state index in [2.05, 4.69) is 21.7 Å². The van der Waals surface area contributed by atoms with Crippen LogP contribution in [-0.4, -0.2) is 82.0 Å². The van der Waals surface area contributed by atoms with Crippen molar-refractivity contribution in [1.82, 2.24) is 24.3 Å². The lowest BCUT2D eigenvalue weighted by Gasteiger charge is -2.38. The van der Waals surface area contributed by atoms with E-state index in [1.54, 1.807) is 22.8 Å². The minimum atomic E-state index is -0.719. The van der Waals surface area contributed by atoms with Gasteiger partial charge in [0.15, 0.2) is 0 Å². The number of imidazole rings is 1. The van der Waals surface area contributed by atoms with Crippen LogP contribution in [0.3, 0.4) is 0 Å². The summed E-state index contributed by atoms with van der Waals surface area (Å²) in [7, 11) is 0.